The molecule has 1 atom stereocenters. The van der Waals surface area contributed by atoms with Gasteiger partial charge in [0.1, 0.15) is 6.79 Å². The van der Waals surface area contributed by atoms with E-state index in [9.17, 15) is 4.79 Å². The highest BCUT2D eigenvalue weighted by molar-refractivity contribution is 7.22. The average molecular weight is 321 g/mol. The zero-order valence-electron chi connectivity index (χ0n) is 12.4. The second-order valence-corrected chi connectivity index (χ2v) is 6.14. The molecule has 1 aliphatic rings. The number of benzene rings is 1. The molecule has 7 heteroatoms. The second-order valence-electron chi connectivity index (χ2n) is 5.11. The number of carbonyl (C=O) groups excluding carboxylic acids is 1. The van der Waals surface area contributed by atoms with Crippen LogP contribution in [0.5, 0.6) is 0 Å². The van der Waals surface area contributed by atoms with E-state index in [1.165, 1.54) is 16.9 Å². The largest absolute Gasteiger partial charge is 0.355 e. The Kier molecular flexibility index (Phi) is 4.87. The highest BCUT2D eigenvalue weighted by atomic mass is 32.1. The number of thiazole rings is 1. The number of hydrogen-bond donors (Lipinski definition) is 2. The van der Waals surface area contributed by atoms with E-state index in [1.807, 2.05) is 6.07 Å². The number of urea groups is 1. The maximum atomic E-state index is 11.9. The normalized spacial score (nSPS) is 18.3. The summed E-state index contributed by atoms with van der Waals surface area (Å²) in [6.07, 6.45) is 1.80. The van der Waals surface area contributed by atoms with E-state index in [0.29, 0.717) is 25.1 Å². The van der Waals surface area contributed by atoms with Crippen molar-refractivity contribution in [2.75, 3.05) is 25.3 Å². The predicted molar refractivity (Wildman–Crippen MR) is 86.3 cm³/mol. The molecule has 2 heterocycles. The minimum atomic E-state index is -0.259. The fraction of sp³-hybridized carbons (Fsp3) is 0.467. The van der Waals surface area contributed by atoms with E-state index in [4.69, 9.17) is 9.47 Å². The molecule has 118 valence electrons. The van der Waals surface area contributed by atoms with Crippen LogP contribution < -0.4 is 10.6 Å². The Labute approximate surface area is 132 Å². The molecule has 1 aromatic carbocycles. The highest BCUT2D eigenvalue weighted by Crippen LogP contribution is 2.26. The lowest BCUT2D eigenvalue weighted by Crippen LogP contribution is -2.38. The molecule has 2 amide bonds. The van der Waals surface area contributed by atoms with Gasteiger partial charge in [0, 0.05) is 6.54 Å². The van der Waals surface area contributed by atoms with Gasteiger partial charge in [-0.3, -0.25) is 5.32 Å². The molecule has 1 aliphatic heterocycles. The third kappa shape index (κ3) is 3.73. The van der Waals surface area contributed by atoms with Gasteiger partial charge in [0.15, 0.2) is 5.13 Å². The average Bonchev–Trinajstić information content (AvgIpc) is 2.95. The quantitative estimate of drug-likeness (QED) is 0.908. The van der Waals surface area contributed by atoms with Gasteiger partial charge in [-0.05, 0) is 30.5 Å². The zero-order valence-corrected chi connectivity index (χ0v) is 13.2. The van der Waals surface area contributed by atoms with E-state index in [0.717, 1.165) is 23.1 Å². The molecular weight excluding hydrogens is 302 g/mol. The number of aromatic nitrogens is 1. The number of anilines is 1. The van der Waals surface area contributed by atoms with Gasteiger partial charge in [-0.2, -0.15) is 0 Å². The molecule has 0 aliphatic carbocycles. The number of ether oxygens (including phenoxy) is 2. The topological polar surface area (TPSA) is 72.5 Å². The van der Waals surface area contributed by atoms with Crippen LogP contribution in [0.3, 0.4) is 0 Å². The number of hydrogen-bond acceptors (Lipinski definition) is 5. The van der Waals surface area contributed by atoms with Crippen LogP contribution in [0.15, 0.2) is 18.2 Å². The third-order valence-electron chi connectivity index (χ3n) is 3.54. The first-order valence-corrected chi connectivity index (χ1v) is 8.20. The number of nitrogens with one attached hydrogen (secondary N) is 2. The van der Waals surface area contributed by atoms with Gasteiger partial charge in [-0.1, -0.05) is 24.3 Å². The molecule has 1 saturated heterocycles. The molecule has 6 nitrogen and oxygen atoms in total. The fourth-order valence-corrected chi connectivity index (χ4v) is 3.18. The molecule has 22 heavy (non-hydrogen) atoms. The van der Waals surface area contributed by atoms with Crippen molar-refractivity contribution in [2.45, 2.75) is 25.9 Å². The first-order chi connectivity index (χ1) is 10.7. The molecule has 0 radical (unpaired) electrons. The summed E-state index contributed by atoms with van der Waals surface area (Å²) in [5.74, 6) is 0. The lowest BCUT2D eigenvalue weighted by Gasteiger charge is -2.22. The van der Waals surface area contributed by atoms with Crippen molar-refractivity contribution in [1.29, 1.82) is 0 Å². The SMILES string of the molecule is CCc1ccc2nc(NC(=O)NC[C@@H]3CCOCO3)sc2c1. The van der Waals surface area contributed by atoms with Crippen molar-refractivity contribution in [3.63, 3.8) is 0 Å². The lowest BCUT2D eigenvalue weighted by atomic mass is 10.2. The Balaban J connectivity index is 1.56. The Morgan fingerprint density at radius 2 is 2.41 bits per heavy atom. The number of rotatable bonds is 4. The van der Waals surface area contributed by atoms with Crippen LogP contribution in [0.25, 0.3) is 10.2 Å². The van der Waals surface area contributed by atoms with Gasteiger partial charge in [0.05, 0.1) is 22.9 Å². The maximum absolute atomic E-state index is 11.9. The van der Waals surface area contributed by atoms with Crippen LogP contribution in [0.2, 0.25) is 0 Å². The van der Waals surface area contributed by atoms with Crippen LogP contribution in [0.1, 0.15) is 18.9 Å². The maximum Gasteiger partial charge on any atom is 0.321 e. The summed E-state index contributed by atoms with van der Waals surface area (Å²) in [4.78, 5) is 16.3. The molecule has 1 aromatic heterocycles. The molecular formula is C15H19N3O3S. The fourth-order valence-electron chi connectivity index (χ4n) is 2.25. The van der Waals surface area contributed by atoms with E-state index in [-0.39, 0.29) is 12.1 Å². The Bertz CT molecular complexity index is 653. The van der Waals surface area contributed by atoms with E-state index in [1.54, 1.807) is 0 Å². The molecule has 0 bridgehead atoms. The van der Waals surface area contributed by atoms with E-state index in [2.05, 4.69) is 34.7 Å². The molecule has 2 N–H and O–H groups in total. The Morgan fingerprint density at radius 3 is 3.18 bits per heavy atom. The van der Waals surface area contributed by atoms with Gasteiger partial charge in [-0.15, -0.1) is 0 Å². The van der Waals surface area contributed by atoms with Crippen LogP contribution in [-0.4, -0.2) is 37.1 Å². The number of aryl methyl sites for hydroxylation is 1. The van der Waals surface area contributed by atoms with E-state index >= 15 is 0 Å². The molecule has 0 saturated carbocycles. The van der Waals surface area contributed by atoms with Crippen molar-refractivity contribution in [2.24, 2.45) is 0 Å². The summed E-state index contributed by atoms with van der Waals surface area (Å²) >= 11 is 1.48. The lowest BCUT2D eigenvalue weighted by molar-refractivity contribution is -0.136. The summed E-state index contributed by atoms with van der Waals surface area (Å²) in [7, 11) is 0. The van der Waals surface area contributed by atoms with Crippen LogP contribution >= 0.6 is 11.3 Å². The number of amides is 2. The molecule has 2 aromatic rings. The number of carbonyl (C=O) groups is 1. The number of nitrogens with zero attached hydrogens (tertiary/aromatic N) is 1. The van der Waals surface area contributed by atoms with Crippen molar-refractivity contribution in [3.05, 3.63) is 23.8 Å². The summed E-state index contributed by atoms with van der Waals surface area (Å²) in [6.45, 7) is 3.56. The summed E-state index contributed by atoms with van der Waals surface area (Å²) < 4.78 is 11.6. The first kappa shape index (κ1) is 15.2. The standard InChI is InChI=1S/C15H19N3O3S/c1-2-10-3-4-12-13(7-10)22-15(17-12)18-14(19)16-8-11-5-6-20-9-21-11/h3-4,7,11H,2,5-6,8-9H2,1H3,(H2,16,17,18,19)/t11-/m0/s1. The predicted octanol–water partition coefficient (Wildman–Crippen LogP) is 2.74. The zero-order chi connectivity index (χ0) is 15.4. The monoisotopic (exact) mass is 321 g/mol. The van der Waals surface area contributed by atoms with Crippen LogP contribution in [0, 0.1) is 0 Å². The molecule has 3 rings (SSSR count). The Morgan fingerprint density at radius 1 is 1.50 bits per heavy atom. The van der Waals surface area contributed by atoms with Gasteiger partial charge < -0.3 is 14.8 Å². The van der Waals surface area contributed by atoms with Crippen molar-refractivity contribution in [3.8, 4) is 0 Å². The Hall–Kier alpha value is -1.70. The molecule has 0 spiro atoms. The van der Waals surface area contributed by atoms with Crippen LogP contribution in [-0.2, 0) is 15.9 Å². The molecule has 0 unspecified atom stereocenters. The van der Waals surface area contributed by atoms with Crippen LogP contribution in [0.4, 0.5) is 9.93 Å². The number of fused-ring (bicyclic) bond motifs is 1. The van der Waals surface area contributed by atoms with Crippen molar-refractivity contribution < 1.29 is 14.3 Å². The minimum Gasteiger partial charge on any atom is -0.355 e. The minimum absolute atomic E-state index is 0.0157. The van der Waals surface area contributed by atoms with E-state index < -0.39 is 0 Å². The second kappa shape index (κ2) is 7.04. The van der Waals surface area contributed by atoms with Gasteiger partial charge in [0.2, 0.25) is 0 Å². The van der Waals surface area contributed by atoms with Gasteiger partial charge in [0.25, 0.3) is 0 Å². The smallest absolute Gasteiger partial charge is 0.321 e. The van der Waals surface area contributed by atoms with Crippen molar-refractivity contribution >= 4 is 32.7 Å². The van der Waals surface area contributed by atoms with Gasteiger partial charge in [-0.25, -0.2) is 9.78 Å². The first-order valence-electron chi connectivity index (χ1n) is 7.38. The summed E-state index contributed by atoms with van der Waals surface area (Å²) in [5.41, 5.74) is 2.18. The summed E-state index contributed by atoms with van der Waals surface area (Å²) in [5, 5.41) is 6.19. The summed E-state index contributed by atoms with van der Waals surface area (Å²) in [6, 6.07) is 5.91. The van der Waals surface area contributed by atoms with Gasteiger partial charge >= 0.3 is 6.03 Å². The highest BCUT2D eigenvalue weighted by Gasteiger charge is 2.15. The molecule has 1 fully saturated rings. The van der Waals surface area contributed by atoms with Crippen molar-refractivity contribution in [1.82, 2.24) is 10.3 Å². The third-order valence-corrected chi connectivity index (χ3v) is 4.48.